The van der Waals surface area contributed by atoms with Crippen LogP contribution < -0.4 is 5.32 Å². The first-order chi connectivity index (χ1) is 6.56. The second kappa shape index (κ2) is 4.14. The lowest BCUT2D eigenvalue weighted by Crippen LogP contribution is -2.11. The molecule has 1 rings (SSSR count). The van der Waals surface area contributed by atoms with E-state index in [9.17, 15) is 0 Å². The molecule has 76 valence electrons. The van der Waals surface area contributed by atoms with Gasteiger partial charge in [0, 0.05) is 13.6 Å². The van der Waals surface area contributed by atoms with Gasteiger partial charge in [0.1, 0.15) is 17.5 Å². The molecule has 0 aliphatic carbocycles. The van der Waals surface area contributed by atoms with E-state index in [-0.39, 0.29) is 0 Å². The molecule has 0 bridgehead atoms. The van der Waals surface area contributed by atoms with Gasteiger partial charge in [-0.25, -0.2) is 0 Å². The van der Waals surface area contributed by atoms with Gasteiger partial charge < -0.3 is 5.32 Å². The van der Waals surface area contributed by atoms with E-state index >= 15 is 0 Å². The van der Waals surface area contributed by atoms with Crippen molar-refractivity contribution in [1.82, 2.24) is 9.78 Å². The Hall–Kier alpha value is -1.50. The van der Waals surface area contributed by atoms with Crippen molar-refractivity contribution in [2.45, 2.75) is 20.8 Å². The summed E-state index contributed by atoms with van der Waals surface area (Å²) in [5.41, 5.74) is 1.43. The molecule has 0 saturated carbocycles. The number of aryl methyl sites for hydroxylation is 2. The summed E-state index contributed by atoms with van der Waals surface area (Å²) in [6, 6.07) is 2.16. The molecule has 4 nitrogen and oxygen atoms in total. The average Bonchev–Trinajstić information content (AvgIpc) is 2.36. The lowest BCUT2D eigenvalue weighted by atomic mass is 10.2. The third-order valence-electron chi connectivity index (χ3n) is 2.01. The Balaban J connectivity index is 2.90. The van der Waals surface area contributed by atoms with Crippen molar-refractivity contribution in [3.8, 4) is 6.07 Å². The monoisotopic (exact) mass is 192 g/mol. The van der Waals surface area contributed by atoms with Gasteiger partial charge in [0.2, 0.25) is 0 Å². The molecular weight excluding hydrogens is 176 g/mol. The van der Waals surface area contributed by atoms with Crippen molar-refractivity contribution in [2.75, 3.05) is 11.9 Å². The molecule has 4 heteroatoms. The maximum atomic E-state index is 8.93. The summed E-state index contributed by atoms with van der Waals surface area (Å²) in [7, 11) is 1.84. The van der Waals surface area contributed by atoms with E-state index in [1.807, 2.05) is 14.0 Å². The van der Waals surface area contributed by atoms with E-state index in [0.29, 0.717) is 11.5 Å². The molecular formula is C10H16N4. The molecule has 0 aliphatic rings. The molecule has 0 spiro atoms. The van der Waals surface area contributed by atoms with Crippen molar-refractivity contribution >= 4 is 5.82 Å². The second-order valence-electron chi connectivity index (χ2n) is 3.82. The number of hydrogen-bond acceptors (Lipinski definition) is 3. The molecule has 14 heavy (non-hydrogen) atoms. The highest BCUT2D eigenvalue weighted by molar-refractivity contribution is 5.54. The van der Waals surface area contributed by atoms with Gasteiger partial charge in [-0.1, -0.05) is 13.8 Å². The Morgan fingerprint density at radius 3 is 2.71 bits per heavy atom. The van der Waals surface area contributed by atoms with Gasteiger partial charge >= 0.3 is 0 Å². The summed E-state index contributed by atoms with van der Waals surface area (Å²) in [5, 5.41) is 16.4. The molecule has 1 aromatic heterocycles. The fourth-order valence-electron chi connectivity index (χ4n) is 1.30. The minimum Gasteiger partial charge on any atom is -0.369 e. The normalized spacial score (nSPS) is 10.3. The number of anilines is 1. The van der Waals surface area contributed by atoms with E-state index < -0.39 is 0 Å². The van der Waals surface area contributed by atoms with E-state index in [0.717, 1.165) is 18.1 Å². The van der Waals surface area contributed by atoms with Gasteiger partial charge in [-0.3, -0.25) is 4.68 Å². The molecule has 0 amide bonds. The zero-order valence-electron chi connectivity index (χ0n) is 9.13. The van der Waals surface area contributed by atoms with Crippen LogP contribution in [0.1, 0.15) is 25.1 Å². The van der Waals surface area contributed by atoms with E-state index in [1.54, 1.807) is 4.68 Å². The van der Waals surface area contributed by atoms with Crippen molar-refractivity contribution in [2.24, 2.45) is 13.0 Å². The van der Waals surface area contributed by atoms with Crippen LogP contribution in [0.3, 0.4) is 0 Å². The molecule has 0 fully saturated rings. The third kappa shape index (κ3) is 2.05. The summed E-state index contributed by atoms with van der Waals surface area (Å²) in [4.78, 5) is 0. The zero-order chi connectivity index (χ0) is 10.7. The van der Waals surface area contributed by atoms with Crippen molar-refractivity contribution < 1.29 is 0 Å². The SMILES string of the molecule is Cc1nn(C)c(NCC(C)C)c1C#N. The lowest BCUT2D eigenvalue weighted by molar-refractivity contribution is 0.675. The Kier molecular flexibility index (Phi) is 3.13. The van der Waals surface area contributed by atoms with E-state index in [2.05, 4.69) is 30.3 Å². The van der Waals surface area contributed by atoms with Crippen LogP contribution in [-0.2, 0) is 7.05 Å². The quantitative estimate of drug-likeness (QED) is 0.792. The van der Waals surface area contributed by atoms with Gasteiger partial charge in [0.15, 0.2) is 0 Å². The topological polar surface area (TPSA) is 53.6 Å². The Morgan fingerprint density at radius 1 is 1.57 bits per heavy atom. The molecule has 0 unspecified atom stereocenters. The fourth-order valence-corrected chi connectivity index (χ4v) is 1.30. The zero-order valence-corrected chi connectivity index (χ0v) is 9.13. The van der Waals surface area contributed by atoms with Crippen LogP contribution in [0, 0.1) is 24.2 Å². The number of aromatic nitrogens is 2. The van der Waals surface area contributed by atoms with Crippen LogP contribution in [0.5, 0.6) is 0 Å². The summed E-state index contributed by atoms with van der Waals surface area (Å²) in [5.74, 6) is 1.37. The molecule has 0 aromatic carbocycles. The predicted octanol–water partition coefficient (Wildman–Crippen LogP) is 1.67. The largest absolute Gasteiger partial charge is 0.369 e. The Bertz CT molecular complexity index is 357. The first-order valence-electron chi connectivity index (χ1n) is 4.73. The predicted molar refractivity (Wildman–Crippen MR) is 56.0 cm³/mol. The number of rotatable bonds is 3. The van der Waals surface area contributed by atoms with Gasteiger partial charge in [-0.05, 0) is 12.8 Å². The molecule has 1 heterocycles. The van der Waals surface area contributed by atoms with Crippen LogP contribution in [0.4, 0.5) is 5.82 Å². The molecule has 1 N–H and O–H groups in total. The third-order valence-corrected chi connectivity index (χ3v) is 2.01. The Morgan fingerprint density at radius 2 is 2.21 bits per heavy atom. The number of hydrogen-bond donors (Lipinski definition) is 1. The van der Waals surface area contributed by atoms with Crippen LogP contribution >= 0.6 is 0 Å². The summed E-state index contributed by atoms with van der Waals surface area (Å²) in [6.45, 7) is 6.96. The van der Waals surface area contributed by atoms with Crippen LogP contribution in [-0.4, -0.2) is 16.3 Å². The standard InChI is InChI=1S/C10H16N4/c1-7(2)6-12-10-9(5-11)8(3)13-14(10)4/h7,12H,6H2,1-4H3. The summed E-state index contributed by atoms with van der Waals surface area (Å²) < 4.78 is 1.72. The van der Waals surface area contributed by atoms with Crippen molar-refractivity contribution in [3.05, 3.63) is 11.3 Å². The van der Waals surface area contributed by atoms with Crippen LogP contribution in [0.2, 0.25) is 0 Å². The maximum absolute atomic E-state index is 8.93. The van der Waals surface area contributed by atoms with Crippen LogP contribution in [0.15, 0.2) is 0 Å². The molecule has 0 atom stereocenters. The number of nitrogens with zero attached hydrogens (tertiary/aromatic N) is 3. The van der Waals surface area contributed by atoms with E-state index in [1.165, 1.54) is 0 Å². The highest BCUT2D eigenvalue weighted by atomic mass is 15.3. The van der Waals surface area contributed by atoms with Crippen LogP contribution in [0.25, 0.3) is 0 Å². The second-order valence-corrected chi connectivity index (χ2v) is 3.82. The van der Waals surface area contributed by atoms with Crippen molar-refractivity contribution in [3.63, 3.8) is 0 Å². The fraction of sp³-hybridized carbons (Fsp3) is 0.600. The first kappa shape index (κ1) is 10.6. The molecule has 1 aromatic rings. The average molecular weight is 192 g/mol. The van der Waals surface area contributed by atoms with Gasteiger partial charge in [0.25, 0.3) is 0 Å². The minimum atomic E-state index is 0.553. The van der Waals surface area contributed by atoms with Gasteiger partial charge in [0.05, 0.1) is 5.69 Å². The van der Waals surface area contributed by atoms with Gasteiger partial charge in [-0.15, -0.1) is 0 Å². The molecule has 0 radical (unpaired) electrons. The smallest absolute Gasteiger partial charge is 0.142 e. The minimum absolute atomic E-state index is 0.553. The van der Waals surface area contributed by atoms with Gasteiger partial charge in [-0.2, -0.15) is 10.4 Å². The maximum Gasteiger partial charge on any atom is 0.142 e. The highest BCUT2D eigenvalue weighted by Crippen LogP contribution is 2.17. The number of nitriles is 1. The molecule has 0 saturated heterocycles. The summed E-state index contributed by atoms with van der Waals surface area (Å²) >= 11 is 0. The Labute approximate surface area is 84.5 Å². The number of nitrogens with one attached hydrogen (secondary N) is 1. The van der Waals surface area contributed by atoms with E-state index in [4.69, 9.17) is 5.26 Å². The highest BCUT2D eigenvalue weighted by Gasteiger charge is 2.12. The first-order valence-corrected chi connectivity index (χ1v) is 4.73. The summed E-state index contributed by atoms with van der Waals surface area (Å²) in [6.07, 6.45) is 0. The molecule has 0 aliphatic heterocycles. The lowest BCUT2D eigenvalue weighted by Gasteiger charge is -2.08. The van der Waals surface area contributed by atoms with Crippen molar-refractivity contribution in [1.29, 1.82) is 5.26 Å².